The highest BCUT2D eigenvalue weighted by Gasteiger charge is 2.41. The van der Waals surface area contributed by atoms with E-state index in [0.717, 1.165) is 24.3 Å². The molecule has 0 spiro atoms. The van der Waals surface area contributed by atoms with E-state index in [9.17, 15) is 30.7 Å². The van der Waals surface area contributed by atoms with Crippen LogP contribution in [-0.4, -0.2) is 0 Å². The molecule has 1 saturated carbocycles. The molecule has 1 nitrogen and oxygen atoms in total. The van der Waals surface area contributed by atoms with Crippen LogP contribution in [0.25, 0.3) is 22.3 Å². The van der Waals surface area contributed by atoms with Crippen LogP contribution in [0.4, 0.5) is 35.1 Å². The van der Waals surface area contributed by atoms with Gasteiger partial charge in [0.25, 0.3) is 0 Å². The third-order valence-electron chi connectivity index (χ3n) is 8.84. The molecule has 0 heterocycles. The highest BCUT2D eigenvalue weighted by atomic mass is 19.3. The third kappa shape index (κ3) is 7.56. The molecule has 244 valence electrons. The highest BCUT2D eigenvalue weighted by Crippen LogP contribution is 2.40. The van der Waals surface area contributed by atoms with Gasteiger partial charge in [-0.3, -0.25) is 0 Å². The van der Waals surface area contributed by atoms with Gasteiger partial charge in [-0.2, -0.15) is 8.78 Å². The van der Waals surface area contributed by atoms with E-state index in [1.54, 1.807) is 6.07 Å². The van der Waals surface area contributed by atoms with E-state index in [1.807, 2.05) is 24.3 Å². The maximum atomic E-state index is 15.2. The van der Waals surface area contributed by atoms with E-state index in [4.69, 9.17) is 0 Å². The number of alkyl halides is 2. The Labute approximate surface area is 263 Å². The molecule has 0 unspecified atom stereocenters. The Bertz CT molecular complexity index is 1610. The minimum atomic E-state index is -4.74. The SMILES string of the molecule is CCCCCCC1CCC(c2ccc(-c3ccc(-c4cc(F)c(C(F)(F)Oc5cc(F)c(F)c(F)c5)c(F)c4)c(F)c3)cc2)CC1. The van der Waals surface area contributed by atoms with Gasteiger partial charge in [0.05, 0.1) is 0 Å². The van der Waals surface area contributed by atoms with E-state index in [2.05, 4.69) is 11.7 Å². The average molecular weight is 647 g/mol. The minimum Gasteiger partial charge on any atom is -0.429 e. The zero-order chi connectivity index (χ0) is 33.0. The standard InChI is InChI=1S/C37H34F8O/c1-2-3-4-5-6-22-7-9-23(10-8-22)24-11-13-25(14-12-24)26-15-16-29(30(38)17-26)27-18-31(39)35(32(40)19-27)37(44,45)46-28-20-33(41)36(43)34(42)21-28/h11-23H,2-10H2,1H3. The molecule has 0 bridgehead atoms. The Kier molecular flexibility index (Phi) is 10.4. The topological polar surface area (TPSA) is 9.23 Å². The lowest BCUT2D eigenvalue weighted by molar-refractivity contribution is -0.189. The fourth-order valence-electron chi connectivity index (χ4n) is 6.32. The average Bonchev–Trinajstić information content (AvgIpc) is 3.01. The van der Waals surface area contributed by atoms with Gasteiger partial charge in [0, 0.05) is 17.7 Å². The summed E-state index contributed by atoms with van der Waals surface area (Å²) < 4.78 is 118. The van der Waals surface area contributed by atoms with Crippen LogP contribution in [0.2, 0.25) is 0 Å². The quantitative estimate of drug-likeness (QED) is 0.0895. The Morgan fingerprint density at radius 1 is 0.630 bits per heavy atom. The molecular formula is C37H34F8O. The minimum absolute atomic E-state index is 0.113. The summed E-state index contributed by atoms with van der Waals surface area (Å²) in [6.45, 7) is 2.22. The third-order valence-corrected chi connectivity index (χ3v) is 8.84. The van der Waals surface area contributed by atoms with Crippen molar-refractivity contribution in [3.8, 4) is 28.0 Å². The summed E-state index contributed by atoms with van der Waals surface area (Å²) in [5.41, 5.74) is 0.0689. The fourth-order valence-corrected chi connectivity index (χ4v) is 6.32. The van der Waals surface area contributed by atoms with Crippen molar-refractivity contribution >= 4 is 0 Å². The van der Waals surface area contributed by atoms with Crippen molar-refractivity contribution in [1.29, 1.82) is 0 Å². The Morgan fingerprint density at radius 3 is 1.80 bits per heavy atom. The van der Waals surface area contributed by atoms with Crippen molar-refractivity contribution < 1.29 is 39.9 Å². The van der Waals surface area contributed by atoms with Gasteiger partial charge in [-0.05, 0) is 78.0 Å². The zero-order valence-electron chi connectivity index (χ0n) is 25.3. The second kappa shape index (κ2) is 14.3. The summed E-state index contributed by atoms with van der Waals surface area (Å²) in [7, 11) is 0. The largest absolute Gasteiger partial charge is 0.432 e. The first-order valence-electron chi connectivity index (χ1n) is 15.6. The van der Waals surface area contributed by atoms with Gasteiger partial charge >= 0.3 is 6.11 Å². The van der Waals surface area contributed by atoms with Gasteiger partial charge in [-0.25, -0.2) is 26.3 Å². The Hall–Kier alpha value is -3.88. The molecule has 5 rings (SSSR count). The first-order chi connectivity index (χ1) is 22.0. The second-order valence-corrected chi connectivity index (χ2v) is 12.0. The maximum Gasteiger partial charge on any atom is 0.432 e. The zero-order valence-corrected chi connectivity index (χ0v) is 25.3. The Morgan fingerprint density at radius 2 is 1.22 bits per heavy atom. The summed E-state index contributed by atoms with van der Waals surface area (Å²) in [4.78, 5) is 0. The maximum absolute atomic E-state index is 15.2. The molecule has 4 aromatic carbocycles. The number of ether oxygens (including phenoxy) is 1. The van der Waals surface area contributed by atoms with E-state index in [1.165, 1.54) is 62.6 Å². The normalized spacial score (nSPS) is 16.9. The van der Waals surface area contributed by atoms with Crippen LogP contribution in [-0.2, 0) is 6.11 Å². The molecule has 1 fully saturated rings. The number of unbranched alkanes of at least 4 members (excludes halogenated alkanes) is 3. The Balaban J connectivity index is 1.27. The molecule has 0 saturated heterocycles. The molecule has 0 atom stereocenters. The summed E-state index contributed by atoms with van der Waals surface area (Å²) in [6, 6.07) is 13.2. The molecule has 9 heteroatoms. The predicted molar refractivity (Wildman–Crippen MR) is 161 cm³/mol. The fraction of sp³-hybridized carbons (Fsp3) is 0.351. The second-order valence-electron chi connectivity index (χ2n) is 12.0. The lowest BCUT2D eigenvalue weighted by Gasteiger charge is -2.29. The van der Waals surface area contributed by atoms with E-state index in [-0.39, 0.29) is 23.3 Å². The summed E-state index contributed by atoms with van der Waals surface area (Å²) in [5.74, 6) is -9.89. The summed E-state index contributed by atoms with van der Waals surface area (Å²) >= 11 is 0. The monoisotopic (exact) mass is 646 g/mol. The summed E-state index contributed by atoms with van der Waals surface area (Å²) in [5, 5.41) is 0. The number of hydrogen-bond donors (Lipinski definition) is 0. The van der Waals surface area contributed by atoms with E-state index < -0.39 is 52.3 Å². The molecule has 0 aliphatic heterocycles. The number of benzene rings is 4. The van der Waals surface area contributed by atoms with E-state index in [0.29, 0.717) is 23.6 Å². The molecule has 1 aliphatic carbocycles. The molecule has 0 radical (unpaired) electrons. The van der Waals surface area contributed by atoms with Crippen molar-refractivity contribution in [2.75, 3.05) is 0 Å². The molecule has 0 N–H and O–H groups in total. The van der Waals surface area contributed by atoms with Gasteiger partial charge < -0.3 is 4.74 Å². The van der Waals surface area contributed by atoms with E-state index >= 15 is 4.39 Å². The molecule has 0 amide bonds. The van der Waals surface area contributed by atoms with Crippen LogP contribution in [0.3, 0.4) is 0 Å². The van der Waals surface area contributed by atoms with Gasteiger partial charge in [-0.1, -0.05) is 75.4 Å². The van der Waals surface area contributed by atoms with Crippen LogP contribution in [0.15, 0.2) is 66.7 Å². The van der Waals surface area contributed by atoms with Gasteiger partial charge in [0.15, 0.2) is 17.5 Å². The first kappa shape index (κ1) is 33.5. The lowest BCUT2D eigenvalue weighted by Crippen LogP contribution is -2.25. The smallest absolute Gasteiger partial charge is 0.429 e. The summed E-state index contributed by atoms with van der Waals surface area (Å²) in [6.07, 6.45) is 6.46. The number of halogens is 8. The van der Waals surface area contributed by atoms with Gasteiger partial charge in [0.2, 0.25) is 0 Å². The van der Waals surface area contributed by atoms with Crippen LogP contribution in [0, 0.1) is 40.8 Å². The molecular weight excluding hydrogens is 612 g/mol. The first-order valence-corrected chi connectivity index (χ1v) is 15.6. The highest BCUT2D eigenvalue weighted by molar-refractivity contribution is 5.71. The lowest BCUT2D eigenvalue weighted by atomic mass is 9.77. The number of hydrogen-bond acceptors (Lipinski definition) is 1. The van der Waals surface area contributed by atoms with Crippen molar-refractivity contribution in [3.63, 3.8) is 0 Å². The van der Waals surface area contributed by atoms with Crippen LogP contribution < -0.4 is 4.74 Å². The van der Waals surface area contributed by atoms with Crippen molar-refractivity contribution in [2.45, 2.75) is 76.7 Å². The molecule has 4 aromatic rings. The number of rotatable bonds is 11. The molecule has 1 aliphatic rings. The van der Waals surface area contributed by atoms with Crippen molar-refractivity contribution in [1.82, 2.24) is 0 Å². The van der Waals surface area contributed by atoms with Crippen LogP contribution in [0.5, 0.6) is 5.75 Å². The predicted octanol–water partition coefficient (Wildman–Crippen LogP) is 12.2. The van der Waals surface area contributed by atoms with Crippen LogP contribution >= 0.6 is 0 Å². The van der Waals surface area contributed by atoms with Crippen LogP contribution in [0.1, 0.15) is 81.8 Å². The van der Waals surface area contributed by atoms with Gasteiger partial charge in [0.1, 0.15) is 28.8 Å². The van der Waals surface area contributed by atoms with Crippen molar-refractivity contribution in [2.24, 2.45) is 5.92 Å². The van der Waals surface area contributed by atoms with Crippen molar-refractivity contribution in [3.05, 3.63) is 113 Å². The van der Waals surface area contributed by atoms with Gasteiger partial charge in [-0.15, -0.1) is 0 Å². The molecule has 0 aromatic heterocycles. The molecule has 46 heavy (non-hydrogen) atoms.